The molecule has 1 heterocycles. The minimum atomic E-state index is 0.266. The fraction of sp³-hybridized carbons (Fsp3) is 0.500. The molecule has 0 atom stereocenters. The van der Waals surface area contributed by atoms with E-state index in [1.54, 1.807) is 0 Å². The third kappa shape index (κ3) is 5.81. The summed E-state index contributed by atoms with van der Waals surface area (Å²) in [6.45, 7) is 11.7. The van der Waals surface area contributed by atoms with Gasteiger partial charge in [0, 0.05) is 32.7 Å². The van der Waals surface area contributed by atoms with E-state index in [0.29, 0.717) is 0 Å². The highest BCUT2D eigenvalue weighted by molar-refractivity contribution is 5.71. The molecular weight excluding hydrogens is 348 g/mol. The summed E-state index contributed by atoms with van der Waals surface area (Å²) in [6, 6.07) is 14.9. The largest absolute Gasteiger partial charge is 0.494 e. The molecule has 0 radical (unpaired) electrons. The number of aliphatic hydroxyl groups is 1. The molecule has 0 aromatic heterocycles. The van der Waals surface area contributed by atoms with E-state index in [1.165, 1.54) is 22.3 Å². The van der Waals surface area contributed by atoms with Gasteiger partial charge in [0.25, 0.3) is 0 Å². The Hall–Kier alpha value is -1.88. The second-order valence-corrected chi connectivity index (χ2v) is 7.76. The van der Waals surface area contributed by atoms with Crippen molar-refractivity contribution in [1.82, 2.24) is 9.80 Å². The van der Waals surface area contributed by atoms with E-state index >= 15 is 0 Å². The molecular formula is C24H34N2O2. The predicted molar refractivity (Wildman–Crippen MR) is 116 cm³/mol. The minimum Gasteiger partial charge on any atom is -0.494 e. The number of piperazine rings is 1. The summed E-state index contributed by atoms with van der Waals surface area (Å²) >= 11 is 0. The first-order valence-corrected chi connectivity index (χ1v) is 10.5. The summed E-state index contributed by atoms with van der Waals surface area (Å²) in [5.41, 5.74) is 5.15. The van der Waals surface area contributed by atoms with Crippen LogP contribution in [-0.4, -0.2) is 67.4 Å². The predicted octanol–water partition coefficient (Wildman–Crippen LogP) is 3.74. The van der Waals surface area contributed by atoms with Gasteiger partial charge >= 0.3 is 0 Å². The monoisotopic (exact) mass is 382 g/mol. The van der Waals surface area contributed by atoms with Crippen LogP contribution in [0.4, 0.5) is 0 Å². The quantitative estimate of drug-likeness (QED) is 0.670. The number of aryl methyl sites for hydroxylation is 2. The highest BCUT2D eigenvalue weighted by Gasteiger charge is 2.15. The molecule has 3 rings (SSSR count). The summed E-state index contributed by atoms with van der Waals surface area (Å²) in [7, 11) is 0. The number of benzene rings is 2. The highest BCUT2D eigenvalue weighted by atomic mass is 16.5. The van der Waals surface area contributed by atoms with Crippen molar-refractivity contribution in [1.29, 1.82) is 0 Å². The van der Waals surface area contributed by atoms with Crippen molar-refractivity contribution < 1.29 is 9.84 Å². The number of aliphatic hydroxyl groups excluding tert-OH is 1. The first-order valence-electron chi connectivity index (χ1n) is 10.5. The number of hydrogen-bond donors (Lipinski definition) is 1. The average molecular weight is 383 g/mol. The van der Waals surface area contributed by atoms with Gasteiger partial charge in [0.2, 0.25) is 0 Å². The molecule has 1 N–H and O–H groups in total. The van der Waals surface area contributed by atoms with Crippen LogP contribution in [0.2, 0.25) is 0 Å². The lowest BCUT2D eigenvalue weighted by Gasteiger charge is -2.34. The van der Waals surface area contributed by atoms with Gasteiger partial charge in [0.1, 0.15) is 5.75 Å². The molecule has 2 aromatic rings. The van der Waals surface area contributed by atoms with E-state index in [0.717, 1.165) is 64.5 Å². The van der Waals surface area contributed by atoms with Crippen LogP contribution in [0.5, 0.6) is 5.75 Å². The molecule has 0 saturated carbocycles. The van der Waals surface area contributed by atoms with E-state index in [4.69, 9.17) is 9.84 Å². The van der Waals surface area contributed by atoms with Gasteiger partial charge in [-0.2, -0.15) is 0 Å². The van der Waals surface area contributed by atoms with Crippen LogP contribution in [0.15, 0.2) is 42.5 Å². The summed E-state index contributed by atoms with van der Waals surface area (Å²) in [5.74, 6) is 0.956. The van der Waals surface area contributed by atoms with Gasteiger partial charge in [-0.15, -0.1) is 0 Å². The van der Waals surface area contributed by atoms with Gasteiger partial charge in [0.15, 0.2) is 0 Å². The van der Waals surface area contributed by atoms with Crippen molar-refractivity contribution in [3.8, 4) is 16.9 Å². The first kappa shape index (κ1) is 20.8. The third-order valence-corrected chi connectivity index (χ3v) is 5.62. The third-order valence-electron chi connectivity index (χ3n) is 5.62. The summed E-state index contributed by atoms with van der Waals surface area (Å²) < 4.78 is 6.03. The molecule has 0 aliphatic carbocycles. The zero-order chi connectivity index (χ0) is 19.8. The van der Waals surface area contributed by atoms with E-state index in [9.17, 15) is 0 Å². The second-order valence-electron chi connectivity index (χ2n) is 7.76. The zero-order valence-corrected chi connectivity index (χ0v) is 17.4. The van der Waals surface area contributed by atoms with Gasteiger partial charge in [-0.25, -0.2) is 0 Å². The number of unbranched alkanes of at least 4 members (excludes halogenated alkanes) is 1. The number of hydrogen-bond acceptors (Lipinski definition) is 4. The van der Waals surface area contributed by atoms with Crippen LogP contribution in [0.3, 0.4) is 0 Å². The summed E-state index contributed by atoms with van der Waals surface area (Å²) in [6.07, 6.45) is 2.24. The Morgan fingerprint density at radius 3 is 2.18 bits per heavy atom. The SMILES string of the molecule is Cc1cccc(C)c1-c1cccc(OCCCCN2CCN(CCO)CC2)c1. The standard InChI is InChI=1S/C24H34N2O2/c1-20-7-5-8-21(2)24(20)22-9-6-10-23(19-22)28-18-4-3-11-25-12-14-26(15-13-25)16-17-27/h5-10,19,27H,3-4,11-18H2,1-2H3. The Labute approximate surface area is 169 Å². The van der Waals surface area contributed by atoms with E-state index < -0.39 is 0 Å². The van der Waals surface area contributed by atoms with Gasteiger partial charge in [0.05, 0.1) is 13.2 Å². The van der Waals surface area contributed by atoms with Crippen molar-refractivity contribution >= 4 is 0 Å². The lowest BCUT2D eigenvalue weighted by Crippen LogP contribution is -2.47. The van der Waals surface area contributed by atoms with Gasteiger partial charge < -0.3 is 14.7 Å². The molecule has 1 aliphatic heterocycles. The lowest BCUT2D eigenvalue weighted by molar-refractivity contribution is 0.110. The van der Waals surface area contributed by atoms with Crippen LogP contribution in [-0.2, 0) is 0 Å². The number of rotatable bonds is 9. The topological polar surface area (TPSA) is 35.9 Å². The number of ether oxygens (including phenoxy) is 1. The molecule has 28 heavy (non-hydrogen) atoms. The molecule has 0 spiro atoms. The molecule has 152 valence electrons. The Morgan fingerprint density at radius 1 is 0.857 bits per heavy atom. The van der Waals surface area contributed by atoms with Crippen molar-refractivity contribution in [3.05, 3.63) is 53.6 Å². The van der Waals surface area contributed by atoms with Gasteiger partial charge in [-0.05, 0) is 67.6 Å². The molecule has 0 amide bonds. The molecule has 0 unspecified atom stereocenters. The minimum absolute atomic E-state index is 0.266. The van der Waals surface area contributed by atoms with Crippen molar-refractivity contribution in [2.75, 3.05) is 52.5 Å². The molecule has 1 aliphatic rings. The second kappa shape index (κ2) is 10.6. The fourth-order valence-corrected chi connectivity index (χ4v) is 4.02. The molecule has 1 fully saturated rings. The molecule has 0 bridgehead atoms. The van der Waals surface area contributed by atoms with Crippen LogP contribution < -0.4 is 4.74 Å². The Bertz CT molecular complexity index is 719. The molecule has 4 nitrogen and oxygen atoms in total. The summed E-state index contributed by atoms with van der Waals surface area (Å²) in [4.78, 5) is 4.86. The van der Waals surface area contributed by atoms with Crippen LogP contribution in [0, 0.1) is 13.8 Å². The maximum absolute atomic E-state index is 9.02. The maximum atomic E-state index is 9.02. The van der Waals surface area contributed by atoms with Crippen molar-refractivity contribution in [2.24, 2.45) is 0 Å². The van der Waals surface area contributed by atoms with Gasteiger partial charge in [-0.3, -0.25) is 4.90 Å². The van der Waals surface area contributed by atoms with E-state index in [2.05, 4.69) is 66.1 Å². The molecule has 1 saturated heterocycles. The number of β-amino-alcohol motifs (C(OH)–C–C–N with tert-alkyl or cyclic N) is 1. The zero-order valence-electron chi connectivity index (χ0n) is 17.4. The van der Waals surface area contributed by atoms with E-state index in [1.807, 2.05) is 0 Å². The van der Waals surface area contributed by atoms with Crippen LogP contribution in [0.1, 0.15) is 24.0 Å². The van der Waals surface area contributed by atoms with Gasteiger partial charge in [-0.1, -0.05) is 30.3 Å². The fourth-order valence-electron chi connectivity index (χ4n) is 4.02. The Morgan fingerprint density at radius 2 is 1.50 bits per heavy atom. The first-order chi connectivity index (χ1) is 13.7. The van der Waals surface area contributed by atoms with Crippen molar-refractivity contribution in [2.45, 2.75) is 26.7 Å². The summed E-state index contributed by atoms with van der Waals surface area (Å²) in [5, 5.41) is 9.02. The lowest BCUT2D eigenvalue weighted by atomic mass is 9.96. The molecule has 4 heteroatoms. The van der Waals surface area contributed by atoms with Crippen molar-refractivity contribution in [3.63, 3.8) is 0 Å². The van der Waals surface area contributed by atoms with Crippen LogP contribution in [0.25, 0.3) is 11.1 Å². The normalized spacial score (nSPS) is 15.7. The number of nitrogens with zero attached hydrogens (tertiary/aromatic N) is 2. The Kier molecular flexibility index (Phi) is 7.90. The smallest absolute Gasteiger partial charge is 0.119 e. The molecule has 2 aromatic carbocycles. The Balaban J connectivity index is 1.41. The van der Waals surface area contributed by atoms with Crippen LogP contribution >= 0.6 is 0 Å². The highest BCUT2D eigenvalue weighted by Crippen LogP contribution is 2.29. The average Bonchev–Trinajstić information content (AvgIpc) is 2.69. The maximum Gasteiger partial charge on any atom is 0.119 e. The van der Waals surface area contributed by atoms with E-state index in [-0.39, 0.29) is 6.61 Å².